The van der Waals surface area contributed by atoms with Crippen molar-refractivity contribution in [3.05, 3.63) is 60.1 Å². The number of aryl methyl sites for hydroxylation is 1. The third-order valence-corrected chi connectivity index (χ3v) is 3.71. The zero-order valence-corrected chi connectivity index (χ0v) is 13.9. The lowest BCUT2D eigenvalue weighted by Crippen LogP contribution is -2.46. The molecule has 0 saturated heterocycles. The van der Waals surface area contributed by atoms with E-state index in [1.54, 1.807) is 6.26 Å². The molecule has 0 radical (unpaired) electrons. The Morgan fingerprint density at radius 2 is 1.88 bits per heavy atom. The van der Waals surface area contributed by atoms with Crippen LogP contribution in [0.4, 0.5) is 4.79 Å². The van der Waals surface area contributed by atoms with E-state index in [4.69, 9.17) is 4.42 Å². The van der Waals surface area contributed by atoms with Crippen LogP contribution in [-0.2, 0) is 11.2 Å². The van der Waals surface area contributed by atoms with Crippen molar-refractivity contribution >= 4 is 11.9 Å². The van der Waals surface area contributed by atoms with E-state index in [0.717, 1.165) is 24.2 Å². The smallest absolute Gasteiger partial charge is 0.321 e. The minimum Gasteiger partial charge on any atom is -0.469 e. The molecule has 0 aliphatic rings. The Kier molecular flexibility index (Phi) is 6.57. The topological polar surface area (TPSA) is 83.4 Å². The van der Waals surface area contributed by atoms with Crippen molar-refractivity contribution in [1.82, 2.24) is 16.0 Å². The van der Waals surface area contributed by atoms with Gasteiger partial charge in [-0.15, -0.1) is 0 Å². The summed E-state index contributed by atoms with van der Waals surface area (Å²) in [5.74, 6) is 0.528. The van der Waals surface area contributed by atoms with Gasteiger partial charge in [-0.1, -0.05) is 30.3 Å². The first kappa shape index (κ1) is 17.7. The molecule has 0 bridgehead atoms. The Morgan fingerprint density at radius 1 is 1.12 bits per heavy atom. The number of benzene rings is 1. The molecule has 0 saturated carbocycles. The normalized spacial score (nSPS) is 13.1. The summed E-state index contributed by atoms with van der Waals surface area (Å²) in [6, 6.07) is 12.1. The lowest BCUT2D eigenvalue weighted by Gasteiger charge is -2.22. The van der Waals surface area contributed by atoms with Crippen LogP contribution in [0.1, 0.15) is 30.7 Å². The fourth-order valence-electron chi connectivity index (χ4n) is 2.40. The van der Waals surface area contributed by atoms with E-state index in [1.807, 2.05) is 49.4 Å². The molecule has 3 amide bonds. The van der Waals surface area contributed by atoms with Gasteiger partial charge >= 0.3 is 6.03 Å². The monoisotopic (exact) mass is 329 g/mol. The largest absolute Gasteiger partial charge is 0.469 e. The standard InChI is InChI=1S/C18H23N3O3/c1-13(10-11-15-9-6-12-24-15)20-16(14-7-4-3-5-8-14)17(22)21-18(23)19-2/h3-9,12-13,16,20H,10-11H2,1-2H3,(H2,19,21,22,23). The predicted octanol–water partition coefficient (Wildman–Crippen LogP) is 2.39. The average Bonchev–Trinajstić information content (AvgIpc) is 3.12. The highest BCUT2D eigenvalue weighted by molar-refractivity contribution is 5.97. The number of amides is 3. The van der Waals surface area contributed by atoms with Gasteiger partial charge in [0.25, 0.3) is 0 Å². The van der Waals surface area contributed by atoms with Gasteiger partial charge in [0.2, 0.25) is 5.91 Å². The molecule has 2 unspecified atom stereocenters. The fourth-order valence-corrected chi connectivity index (χ4v) is 2.40. The number of carbonyl (C=O) groups excluding carboxylic acids is 2. The Morgan fingerprint density at radius 3 is 2.50 bits per heavy atom. The van der Waals surface area contributed by atoms with E-state index < -0.39 is 12.1 Å². The molecule has 1 aromatic carbocycles. The van der Waals surface area contributed by atoms with Crippen molar-refractivity contribution in [2.24, 2.45) is 0 Å². The first-order valence-corrected chi connectivity index (χ1v) is 7.96. The highest BCUT2D eigenvalue weighted by Crippen LogP contribution is 2.15. The highest BCUT2D eigenvalue weighted by Gasteiger charge is 2.23. The van der Waals surface area contributed by atoms with Crippen LogP contribution in [-0.4, -0.2) is 25.0 Å². The number of hydrogen-bond donors (Lipinski definition) is 3. The van der Waals surface area contributed by atoms with Gasteiger partial charge in [0.05, 0.1) is 6.26 Å². The average molecular weight is 329 g/mol. The van der Waals surface area contributed by atoms with Crippen LogP contribution in [0.15, 0.2) is 53.1 Å². The Hall–Kier alpha value is -2.60. The van der Waals surface area contributed by atoms with Crippen LogP contribution in [0.3, 0.4) is 0 Å². The Bertz CT molecular complexity index is 641. The van der Waals surface area contributed by atoms with Crippen molar-refractivity contribution in [2.45, 2.75) is 31.8 Å². The molecule has 2 atom stereocenters. The summed E-state index contributed by atoms with van der Waals surface area (Å²) < 4.78 is 5.33. The molecule has 24 heavy (non-hydrogen) atoms. The van der Waals surface area contributed by atoms with Crippen molar-refractivity contribution in [3.8, 4) is 0 Å². The number of rotatable bonds is 7. The number of urea groups is 1. The third kappa shape index (κ3) is 5.24. The summed E-state index contributed by atoms with van der Waals surface area (Å²) in [6.07, 6.45) is 3.24. The molecule has 0 aliphatic heterocycles. The Balaban J connectivity index is 2.02. The molecule has 3 N–H and O–H groups in total. The molecule has 0 spiro atoms. The molecular weight excluding hydrogens is 306 g/mol. The van der Waals surface area contributed by atoms with Crippen LogP contribution in [0, 0.1) is 0 Å². The lowest BCUT2D eigenvalue weighted by atomic mass is 10.0. The van der Waals surface area contributed by atoms with Crippen molar-refractivity contribution in [1.29, 1.82) is 0 Å². The zero-order chi connectivity index (χ0) is 17.4. The van der Waals surface area contributed by atoms with Gasteiger partial charge in [0.15, 0.2) is 0 Å². The highest BCUT2D eigenvalue weighted by atomic mass is 16.3. The second kappa shape index (κ2) is 8.88. The van der Waals surface area contributed by atoms with Gasteiger partial charge in [-0.25, -0.2) is 4.79 Å². The molecule has 2 aromatic rings. The number of hydrogen-bond acceptors (Lipinski definition) is 4. The molecule has 2 rings (SSSR count). The summed E-state index contributed by atoms with van der Waals surface area (Å²) in [5.41, 5.74) is 0.809. The molecule has 128 valence electrons. The van der Waals surface area contributed by atoms with Gasteiger partial charge in [-0.2, -0.15) is 0 Å². The first-order chi connectivity index (χ1) is 11.6. The molecule has 0 fully saturated rings. The van der Waals surface area contributed by atoms with E-state index in [9.17, 15) is 9.59 Å². The molecule has 1 aromatic heterocycles. The van der Waals surface area contributed by atoms with Crippen LogP contribution in [0.5, 0.6) is 0 Å². The molecular formula is C18H23N3O3. The zero-order valence-electron chi connectivity index (χ0n) is 13.9. The number of carbonyl (C=O) groups is 2. The van der Waals surface area contributed by atoms with Crippen molar-refractivity contribution in [2.75, 3.05) is 7.05 Å². The second-order valence-electron chi connectivity index (χ2n) is 5.60. The lowest BCUT2D eigenvalue weighted by molar-refractivity contribution is -0.122. The van der Waals surface area contributed by atoms with E-state index in [-0.39, 0.29) is 11.9 Å². The van der Waals surface area contributed by atoms with Crippen LogP contribution < -0.4 is 16.0 Å². The van der Waals surface area contributed by atoms with Gasteiger partial charge in [-0.05, 0) is 31.0 Å². The van der Waals surface area contributed by atoms with Crippen LogP contribution >= 0.6 is 0 Å². The summed E-state index contributed by atoms with van der Waals surface area (Å²) in [5, 5.41) is 8.01. The number of nitrogens with one attached hydrogen (secondary N) is 3. The van der Waals surface area contributed by atoms with Gasteiger partial charge < -0.3 is 9.73 Å². The van der Waals surface area contributed by atoms with E-state index >= 15 is 0 Å². The third-order valence-electron chi connectivity index (χ3n) is 3.71. The van der Waals surface area contributed by atoms with E-state index in [0.29, 0.717) is 0 Å². The molecule has 0 aliphatic carbocycles. The summed E-state index contributed by atoms with van der Waals surface area (Å²) in [4.78, 5) is 23.9. The Labute approximate surface area is 141 Å². The maximum absolute atomic E-state index is 12.4. The molecule has 1 heterocycles. The quantitative estimate of drug-likeness (QED) is 0.728. The fraction of sp³-hybridized carbons (Fsp3) is 0.333. The van der Waals surface area contributed by atoms with Crippen molar-refractivity contribution < 1.29 is 14.0 Å². The van der Waals surface area contributed by atoms with E-state index in [2.05, 4.69) is 16.0 Å². The minimum atomic E-state index is -0.602. The summed E-state index contributed by atoms with van der Waals surface area (Å²) in [6.45, 7) is 2.01. The maximum atomic E-state index is 12.4. The van der Waals surface area contributed by atoms with Crippen LogP contribution in [0.2, 0.25) is 0 Å². The summed E-state index contributed by atoms with van der Waals surface area (Å²) >= 11 is 0. The molecule has 6 heteroatoms. The second-order valence-corrected chi connectivity index (χ2v) is 5.60. The maximum Gasteiger partial charge on any atom is 0.321 e. The van der Waals surface area contributed by atoms with Gasteiger partial charge in [-0.3, -0.25) is 15.4 Å². The number of furan rings is 1. The molecule has 6 nitrogen and oxygen atoms in total. The van der Waals surface area contributed by atoms with Crippen molar-refractivity contribution in [3.63, 3.8) is 0 Å². The number of imide groups is 1. The first-order valence-electron chi connectivity index (χ1n) is 7.96. The van der Waals surface area contributed by atoms with Crippen LogP contribution in [0.25, 0.3) is 0 Å². The van der Waals surface area contributed by atoms with Gasteiger partial charge in [0, 0.05) is 19.5 Å². The minimum absolute atomic E-state index is 0.0655. The SMILES string of the molecule is CNC(=O)NC(=O)C(NC(C)CCc1ccco1)c1ccccc1. The predicted molar refractivity (Wildman–Crippen MR) is 91.4 cm³/mol. The van der Waals surface area contributed by atoms with E-state index in [1.165, 1.54) is 7.05 Å². The summed E-state index contributed by atoms with van der Waals surface area (Å²) in [7, 11) is 1.47. The van der Waals surface area contributed by atoms with Gasteiger partial charge in [0.1, 0.15) is 11.8 Å².